The average molecular weight is 562 g/mol. The normalized spacial score (nSPS) is 12.1. The van der Waals surface area contributed by atoms with Crippen LogP contribution in [-0.2, 0) is 12.5 Å². The van der Waals surface area contributed by atoms with Crippen LogP contribution in [0.2, 0.25) is 0 Å². The zero-order chi connectivity index (χ0) is 27.8. The molecule has 0 aliphatic carbocycles. The van der Waals surface area contributed by atoms with Gasteiger partial charge in [-0.05, 0) is 47.4 Å². The molecule has 0 atom stereocenters. The topological polar surface area (TPSA) is 18.5 Å². The lowest BCUT2D eigenvalue weighted by molar-refractivity contribution is -0.276. The molecule has 4 rings (SSSR count). The van der Waals surface area contributed by atoms with Crippen LogP contribution in [0.1, 0.15) is 17.4 Å². The van der Waals surface area contributed by atoms with Crippen LogP contribution in [0.25, 0.3) is 21.6 Å². The largest absolute Gasteiger partial charge is 0.573 e. The molecule has 0 spiro atoms. The van der Waals surface area contributed by atoms with Crippen molar-refractivity contribution in [1.29, 1.82) is 0 Å². The maximum Gasteiger partial charge on any atom is 0.573 e. The molecule has 0 saturated carbocycles. The third kappa shape index (κ3) is 5.90. The summed E-state index contributed by atoms with van der Waals surface area (Å²) in [6, 6.07) is 11.6. The Morgan fingerprint density at radius 2 is 1.21 bits per heavy atom. The molecular weight excluding hydrogens is 547 g/mol. The van der Waals surface area contributed by atoms with Gasteiger partial charge in [-0.1, -0.05) is 31.2 Å². The molecule has 38 heavy (non-hydrogen) atoms. The van der Waals surface area contributed by atoms with E-state index < -0.39 is 52.8 Å². The maximum absolute atomic E-state index is 14.7. The molecule has 0 aliphatic rings. The van der Waals surface area contributed by atoms with Crippen LogP contribution in [-0.4, -0.2) is 6.36 Å². The minimum atomic E-state index is -5.47. The van der Waals surface area contributed by atoms with Gasteiger partial charge in [0.05, 0.1) is 0 Å². The van der Waals surface area contributed by atoms with Crippen molar-refractivity contribution < 1.29 is 49.0 Å². The van der Waals surface area contributed by atoms with Crippen LogP contribution in [0.5, 0.6) is 11.5 Å². The van der Waals surface area contributed by atoms with E-state index in [-0.39, 0.29) is 17.7 Å². The van der Waals surface area contributed by atoms with Crippen LogP contribution < -0.4 is 9.47 Å². The number of alkyl halides is 5. The summed E-state index contributed by atoms with van der Waals surface area (Å²) < 4.78 is 130. The molecule has 0 fully saturated rings. The standard InChI is InChI=1S/C26H15F9O2S/c1-2-17-7-8-22(38-17)14-5-3-13(4-6-14)15-9-18(27)23(19(28)10-15)25(31,32)36-16-11-20(29)24(21(30)12-16)37-26(33,34)35/h3-12H,2H2,1H3. The summed E-state index contributed by atoms with van der Waals surface area (Å²) in [5, 5.41) is 0. The van der Waals surface area contributed by atoms with Crippen molar-refractivity contribution in [2.45, 2.75) is 25.8 Å². The molecule has 0 saturated heterocycles. The zero-order valence-electron chi connectivity index (χ0n) is 19.1. The van der Waals surface area contributed by atoms with E-state index in [0.29, 0.717) is 17.7 Å². The van der Waals surface area contributed by atoms with Gasteiger partial charge in [0.15, 0.2) is 11.6 Å². The fourth-order valence-corrected chi connectivity index (χ4v) is 4.53. The summed E-state index contributed by atoms with van der Waals surface area (Å²) in [4.78, 5) is 2.15. The average Bonchev–Trinajstić information content (AvgIpc) is 3.29. The molecule has 2 nitrogen and oxygen atoms in total. The monoisotopic (exact) mass is 562 g/mol. The Bertz CT molecular complexity index is 1410. The van der Waals surface area contributed by atoms with Crippen molar-refractivity contribution >= 4 is 11.3 Å². The second-order valence-corrected chi connectivity index (χ2v) is 9.06. The first kappa shape index (κ1) is 27.4. The van der Waals surface area contributed by atoms with Crippen molar-refractivity contribution in [2.75, 3.05) is 0 Å². The number of thiophene rings is 1. The van der Waals surface area contributed by atoms with Crippen LogP contribution >= 0.6 is 11.3 Å². The molecule has 0 unspecified atom stereocenters. The van der Waals surface area contributed by atoms with Gasteiger partial charge in [-0.15, -0.1) is 24.5 Å². The van der Waals surface area contributed by atoms with Gasteiger partial charge in [-0.2, -0.15) is 8.78 Å². The third-order valence-electron chi connectivity index (χ3n) is 5.28. The third-order valence-corrected chi connectivity index (χ3v) is 6.56. The molecule has 0 radical (unpaired) electrons. The van der Waals surface area contributed by atoms with Gasteiger partial charge in [0, 0.05) is 21.9 Å². The zero-order valence-corrected chi connectivity index (χ0v) is 19.9. The molecule has 0 aliphatic heterocycles. The molecule has 4 aromatic rings. The van der Waals surface area contributed by atoms with Crippen LogP contribution in [0.4, 0.5) is 39.5 Å². The number of rotatable bonds is 7. The molecule has 1 aromatic heterocycles. The van der Waals surface area contributed by atoms with Gasteiger partial charge in [-0.3, -0.25) is 0 Å². The molecule has 200 valence electrons. The van der Waals surface area contributed by atoms with Gasteiger partial charge in [0.1, 0.15) is 22.9 Å². The summed E-state index contributed by atoms with van der Waals surface area (Å²) in [6.45, 7) is 2.01. The van der Waals surface area contributed by atoms with E-state index in [1.165, 1.54) is 4.88 Å². The lowest BCUT2D eigenvalue weighted by Crippen LogP contribution is -2.25. The number of ether oxygens (including phenoxy) is 2. The fraction of sp³-hybridized carbons (Fsp3) is 0.154. The number of hydrogen-bond acceptors (Lipinski definition) is 3. The Balaban J connectivity index is 1.59. The summed E-state index contributed by atoms with van der Waals surface area (Å²) in [7, 11) is 0. The molecule has 12 heteroatoms. The maximum atomic E-state index is 14.7. The molecule has 0 N–H and O–H groups in total. The minimum Gasteiger partial charge on any atom is -0.429 e. The number of hydrogen-bond donors (Lipinski definition) is 0. The van der Waals surface area contributed by atoms with E-state index in [1.807, 2.05) is 19.1 Å². The van der Waals surface area contributed by atoms with Gasteiger partial charge < -0.3 is 9.47 Å². The molecule has 0 bridgehead atoms. The van der Waals surface area contributed by atoms with E-state index in [9.17, 15) is 39.5 Å². The van der Waals surface area contributed by atoms with E-state index >= 15 is 0 Å². The lowest BCUT2D eigenvalue weighted by Gasteiger charge is -2.20. The van der Waals surface area contributed by atoms with Gasteiger partial charge in [0.25, 0.3) is 0 Å². The lowest BCUT2D eigenvalue weighted by atomic mass is 10.0. The minimum absolute atomic E-state index is 0.0408. The van der Waals surface area contributed by atoms with Crippen molar-refractivity contribution in [1.82, 2.24) is 0 Å². The van der Waals surface area contributed by atoms with E-state index in [2.05, 4.69) is 9.47 Å². The summed E-state index contributed by atoms with van der Waals surface area (Å²) >= 11 is 1.58. The first-order chi connectivity index (χ1) is 17.8. The number of aryl methyl sites for hydroxylation is 1. The Hall–Kier alpha value is -3.67. The number of halogens is 9. The molecular formula is C26H15F9O2S. The van der Waals surface area contributed by atoms with Crippen LogP contribution in [0.15, 0.2) is 60.7 Å². The highest BCUT2D eigenvalue weighted by Gasteiger charge is 2.42. The molecule has 1 heterocycles. The summed E-state index contributed by atoms with van der Waals surface area (Å²) in [6.07, 6.45) is -9.40. The quantitative estimate of drug-likeness (QED) is 0.209. The van der Waals surface area contributed by atoms with E-state index in [1.54, 1.807) is 35.6 Å². The van der Waals surface area contributed by atoms with E-state index in [4.69, 9.17) is 0 Å². The Morgan fingerprint density at radius 3 is 1.71 bits per heavy atom. The van der Waals surface area contributed by atoms with Crippen molar-refractivity contribution in [3.8, 4) is 33.1 Å². The highest BCUT2D eigenvalue weighted by atomic mass is 32.1. The fourth-order valence-electron chi connectivity index (χ4n) is 3.58. The van der Waals surface area contributed by atoms with Crippen molar-refractivity contribution in [3.63, 3.8) is 0 Å². The predicted molar refractivity (Wildman–Crippen MR) is 122 cm³/mol. The highest BCUT2D eigenvalue weighted by molar-refractivity contribution is 7.15. The predicted octanol–water partition coefficient (Wildman–Crippen LogP) is 9.23. The first-order valence-electron chi connectivity index (χ1n) is 10.8. The smallest absolute Gasteiger partial charge is 0.429 e. The summed E-state index contributed by atoms with van der Waals surface area (Å²) in [5.74, 6) is -10.7. The Morgan fingerprint density at radius 1 is 0.658 bits per heavy atom. The second kappa shape index (κ2) is 10.2. The van der Waals surface area contributed by atoms with Gasteiger partial charge in [-0.25, -0.2) is 17.6 Å². The van der Waals surface area contributed by atoms with Crippen LogP contribution in [0, 0.1) is 23.3 Å². The van der Waals surface area contributed by atoms with Crippen LogP contribution in [0.3, 0.4) is 0 Å². The van der Waals surface area contributed by atoms with Crippen molar-refractivity contribution in [2.24, 2.45) is 0 Å². The Kier molecular flexibility index (Phi) is 7.37. The summed E-state index contributed by atoms with van der Waals surface area (Å²) in [5.41, 5.74) is -0.765. The SMILES string of the molecule is CCc1ccc(-c2ccc(-c3cc(F)c(C(F)(F)Oc4cc(F)c(OC(F)(F)F)c(F)c4)c(F)c3)cc2)s1. The van der Waals surface area contributed by atoms with Gasteiger partial charge in [0.2, 0.25) is 5.75 Å². The second-order valence-electron chi connectivity index (χ2n) is 7.89. The molecule has 3 aromatic carbocycles. The number of benzene rings is 3. The van der Waals surface area contributed by atoms with Crippen molar-refractivity contribution in [3.05, 3.63) is 94.4 Å². The first-order valence-corrected chi connectivity index (χ1v) is 11.6. The Labute approximate surface area is 213 Å². The molecule has 0 amide bonds. The van der Waals surface area contributed by atoms with Gasteiger partial charge >= 0.3 is 12.5 Å². The highest BCUT2D eigenvalue weighted by Crippen LogP contribution is 2.39. The van der Waals surface area contributed by atoms with E-state index in [0.717, 1.165) is 16.9 Å².